The molecule has 25 heavy (non-hydrogen) atoms. The van der Waals surface area contributed by atoms with E-state index < -0.39 is 28.6 Å². The van der Waals surface area contributed by atoms with Crippen molar-refractivity contribution in [1.82, 2.24) is 4.31 Å². The number of ether oxygens (including phenoxy) is 1. The topological polar surface area (TPSA) is 105 Å². The Morgan fingerprint density at radius 1 is 1.32 bits per heavy atom. The summed E-state index contributed by atoms with van der Waals surface area (Å²) < 4.78 is 33.3. The highest BCUT2D eigenvalue weighted by atomic mass is 35.5. The van der Waals surface area contributed by atoms with Gasteiger partial charge in [-0.1, -0.05) is 23.7 Å². The summed E-state index contributed by atoms with van der Waals surface area (Å²) in [6, 6.07) is 6.53. The monoisotopic (exact) mass is 385 g/mol. The molecule has 2 rings (SSSR count). The molecule has 8 nitrogen and oxygen atoms in total. The SMILES string of the molecule is CCOC(=O)C1=CN(CC(=O)Nc2ccccc2Cl)S(=O)(=O)N=C1C. The van der Waals surface area contributed by atoms with Gasteiger partial charge >= 0.3 is 16.2 Å². The molecule has 0 atom stereocenters. The van der Waals surface area contributed by atoms with Crippen LogP contribution in [-0.2, 0) is 24.5 Å². The number of esters is 1. The van der Waals surface area contributed by atoms with Gasteiger partial charge < -0.3 is 10.1 Å². The van der Waals surface area contributed by atoms with Gasteiger partial charge in [-0.25, -0.2) is 9.10 Å². The van der Waals surface area contributed by atoms with Gasteiger partial charge in [-0.2, -0.15) is 8.42 Å². The molecule has 0 aromatic heterocycles. The number of carbonyl (C=O) groups excluding carboxylic acids is 2. The van der Waals surface area contributed by atoms with E-state index in [2.05, 4.69) is 9.71 Å². The molecule has 0 saturated heterocycles. The van der Waals surface area contributed by atoms with E-state index in [1.807, 2.05) is 0 Å². The highest BCUT2D eigenvalue weighted by molar-refractivity contribution is 7.88. The standard InChI is InChI=1S/C15H16ClN3O5S/c1-3-24-15(21)11-8-19(25(22,23)18-10(11)2)9-14(20)17-13-7-5-4-6-12(13)16/h4-8H,3,9H2,1-2H3,(H,17,20). The van der Waals surface area contributed by atoms with Crippen molar-refractivity contribution in [1.29, 1.82) is 0 Å². The lowest BCUT2D eigenvalue weighted by molar-refractivity contribution is -0.138. The van der Waals surface area contributed by atoms with Crippen molar-refractivity contribution >= 4 is 45.1 Å². The fourth-order valence-electron chi connectivity index (χ4n) is 2.01. The van der Waals surface area contributed by atoms with Crippen LogP contribution in [0.1, 0.15) is 13.8 Å². The summed E-state index contributed by atoms with van der Waals surface area (Å²) in [6.07, 6.45) is 1.04. The van der Waals surface area contributed by atoms with Crippen LogP contribution >= 0.6 is 11.6 Å². The minimum atomic E-state index is -4.11. The second-order valence-electron chi connectivity index (χ2n) is 4.99. The fraction of sp³-hybridized carbons (Fsp3) is 0.267. The second-order valence-corrected chi connectivity index (χ2v) is 6.95. The summed E-state index contributed by atoms with van der Waals surface area (Å²) >= 11 is 5.94. The third kappa shape index (κ3) is 4.58. The molecule has 1 aliphatic rings. The zero-order valence-electron chi connectivity index (χ0n) is 13.5. The molecular formula is C15H16ClN3O5S. The molecule has 134 valence electrons. The zero-order valence-corrected chi connectivity index (χ0v) is 15.1. The van der Waals surface area contributed by atoms with Crippen LogP contribution in [-0.4, -0.2) is 43.5 Å². The van der Waals surface area contributed by atoms with E-state index in [1.54, 1.807) is 31.2 Å². The maximum absolute atomic E-state index is 12.1. The number of carbonyl (C=O) groups is 2. The normalized spacial score (nSPS) is 15.9. The van der Waals surface area contributed by atoms with Gasteiger partial charge in [0.1, 0.15) is 6.54 Å². The summed E-state index contributed by atoms with van der Waals surface area (Å²) in [5.41, 5.74) is 0.321. The average Bonchev–Trinajstić information content (AvgIpc) is 2.52. The number of amides is 1. The Hall–Kier alpha value is -2.39. The lowest BCUT2D eigenvalue weighted by Crippen LogP contribution is -2.37. The lowest BCUT2D eigenvalue weighted by atomic mass is 10.2. The first-order chi connectivity index (χ1) is 11.7. The van der Waals surface area contributed by atoms with Crippen molar-refractivity contribution in [2.75, 3.05) is 18.5 Å². The third-order valence-electron chi connectivity index (χ3n) is 3.15. The van der Waals surface area contributed by atoms with Gasteiger partial charge in [-0.05, 0) is 26.0 Å². The van der Waals surface area contributed by atoms with Gasteiger partial charge in [0, 0.05) is 6.20 Å². The molecule has 1 amide bonds. The largest absolute Gasteiger partial charge is 0.462 e. The average molecular weight is 386 g/mol. The van der Waals surface area contributed by atoms with E-state index in [0.29, 0.717) is 15.0 Å². The summed E-state index contributed by atoms with van der Waals surface area (Å²) in [7, 11) is -4.11. The van der Waals surface area contributed by atoms with E-state index in [-0.39, 0.29) is 17.9 Å². The maximum atomic E-state index is 12.1. The van der Waals surface area contributed by atoms with Crippen LogP contribution in [0.4, 0.5) is 5.69 Å². The maximum Gasteiger partial charge on any atom is 0.344 e. The van der Waals surface area contributed by atoms with Gasteiger partial charge in [0.25, 0.3) is 0 Å². The molecule has 1 aromatic carbocycles. The van der Waals surface area contributed by atoms with Gasteiger partial charge in [0.15, 0.2) is 0 Å². The summed E-state index contributed by atoms with van der Waals surface area (Å²) in [6.45, 7) is 2.57. The number of halogens is 1. The first kappa shape index (κ1) is 18.9. The van der Waals surface area contributed by atoms with Crippen LogP contribution in [0.3, 0.4) is 0 Å². The third-order valence-corrected chi connectivity index (χ3v) is 4.82. The van der Waals surface area contributed by atoms with Crippen molar-refractivity contribution in [3.05, 3.63) is 41.1 Å². The number of hydrogen-bond acceptors (Lipinski definition) is 5. The van der Waals surface area contributed by atoms with E-state index >= 15 is 0 Å². The van der Waals surface area contributed by atoms with E-state index in [4.69, 9.17) is 16.3 Å². The molecule has 1 N–H and O–H groups in total. The lowest BCUT2D eigenvalue weighted by Gasteiger charge is -2.22. The Morgan fingerprint density at radius 2 is 2.00 bits per heavy atom. The Morgan fingerprint density at radius 3 is 2.64 bits per heavy atom. The van der Waals surface area contributed by atoms with Crippen LogP contribution in [0.5, 0.6) is 0 Å². The minimum Gasteiger partial charge on any atom is -0.462 e. The van der Waals surface area contributed by atoms with Crippen molar-refractivity contribution in [3.8, 4) is 0 Å². The van der Waals surface area contributed by atoms with E-state index in [1.165, 1.54) is 6.92 Å². The highest BCUT2D eigenvalue weighted by Gasteiger charge is 2.30. The smallest absolute Gasteiger partial charge is 0.344 e. The summed E-state index contributed by atoms with van der Waals surface area (Å²) in [5, 5.41) is 2.82. The van der Waals surface area contributed by atoms with Crippen LogP contribution in [0.25, 0.3) is 0 Å². The number of nitrogens with one attached hydrogen (secondary N) is 1. The first-order valence-corrected chi connectivity index (χ1v) is 9.04. The van der Waals surface area contributed by atoms with Crippen LogP contribution in [0.2, 0.25) is 5.02 Å². The summed E-state index contributed by atoms with van der Waals surface area (Å²) in [5.74, 6) is -1.35. The number of hydrogen-bond donors (Lipinski definition) is 1. The molecule has 0 radical (unpaired) electrons. The Balaban J connectivity index is 2.20. The zero-order chi connectivity index (χ0) is 18.6. The molecule has 0 aliphatic carbocycles. The Bertz CT molecular complexity index is 864. The van der Waals surface area contributed by atoms with Crippen molar-refractivity contribution in [2.45, 2.75) is 13.8 Å². The summed E-state index contributed by atoms with van der Waals surface area (Å²) in [4.78, 5) is 24.0. The van der Waals surface area contributed by atoms with E-state index in [9.17, 15) is 18.0 Å². The van der Waals surface area contributed by atoms with Crippen LogP contribution in [0, 0.1) is 0 Å². The molecule has 1 aliphatic heterocycles. The van der Waals surface area contributed by atoms with Crippen molar-refractivity contribution < 1.29 is 22.7 Å². The number of benzene rings is 1. The van der Waals surface area contributed by atoms with Crippen LogP contribution in [0.15, 0.2) is 40.4 Å². The van der Waals surface area contributed by atoms with Crippen LogP contribution < -0.4 is 5.32 Å². The van der Waals surface area contributed by atoms with Gasteiger partial charge in [0.05, 0.1) is 28.6 Å². The predicted octanol–water partition coefficient (Wildman–Crippen LogP) is 1.75. The number of nitrogens with zero attached hydrogens (tertiary/aromatic N) is 2. The molecule has 1 heterocycles. The van der Waals surface area contributed by atoms with Gasteiger partial charge in [-0.15, -0.1) is 4.40 Å². The quantitative estimate of drug-likeness (QED) is 0.777. The Labute approximate surface area is 150 Å². The minimum absolute atomic E-state index is 0.00112. The first-order valence-electron chi connectivity index (χ1n) is 7.26. The number of rotatable bonds is 5. The van der Waals surface area contributed by atoms with E-state index in [0.717, 1.165) is 6.20 Å². The highest BCUT2D eigenvalue weighted by Crippen LogP contribution is 2.21. The van der Waals surface area contributed by atoms with Crippen molar-refractivity contribution in [2.24, 2.45) is 4.40 Å². The number of anilines is 1. The van der Waals surface area contributed by atoms with Crippen molar-refractivity contribution in [3.63, 3.8) is 0 Å². The molecule has 0 bridgehead atoms. The second kappa shape index (κ2) is 7.66. The predicted molar refractivity (Wildman–Crippen MR) is 93.5 cm³/mol. The molecule has 0 fully saturated rings. The van der Waals surface area contributed by atoms with Gasteiger partial charge in [-0.3, -0.25) is 4.79 Å². The fourth-order valence-corrected chi connectivity index (χ4v) is 3.26. The van der Waals surface area contributed by atoms with Gasteiger partial charge in [0.2, 0.25) is 5.91 Å². The molecular weight excluding hydrogens is 370 g/mol. The molecule has 0 spiro atoms. The number of para-hydroxylation sites is 1. The molecule has 1 aromatic rings. The Kier molecular flexibility index (Phi) is 5.81. The molecule has 10 heteroatoms. The molecule has 0 saturated carbocycles. The molecule has 0 unspecified atom stereocenters.